The zero-order valence-electron chi connectivity index (χ0n) is 9.60. The smallest absolute Gasteiger partial charge is 0.146 e. The van der Waals surface area contributed by atoms with Gasteiger partial charge in [0.2, 0.25) is 0 Å². The molecular formula is C13H14FN3. The predicted octanol–water partition coefficient (Wildman–Crippen LogP) is 2.12. The summed E-state index contributed by atoms with van der Waals surface area (Å²) in [6.45, 7) is 0. The topological polar surface area (TPSA) is 37.8 Å². The molecule has 0 saturated heterocycles. The van der Waals surface area contributed by atoms with Crippen LogP contribution in [0.1, 0.15) is 17.3 Å². The quantitative estimate of drug-likeness (QED) is 0.875. The van der Waals surface area contributed by atoms with Gasteiger partial charge in [0.25, 0.3) is 0 Å². The molecule has 88 valence electrons. The second-order valence-corrected chi connectivity index (χ2v) is 3.77. The number of halogens is 1. The molecule has 2 heterocycles. The van der Waals surface area contributed by atoms with Crippen molar-refractivity contribution in [3.05, 3.63) is 59.9 Å². The molecule has 0 aliphatic rings. The lowest BCUT2D eigenvalue weighted by Gasteiger charge is -2.16. The van der Waals surface area contributed by atoms with Gasteiger partial charge in [0.15, 0.2) is 0 Å². The SMILES string of the molecule is CNC(Cc1ccncc1)c1ncccc1F. The molecule has 1 atom stereocenters. The zero-order chi connectivity index (χ0) is 12.1. The van der Waals surface area contributed by atoms with Crippen molar-refractivity contribution in [3.63, 3.8) is 0 Å². The molecule has 17 heavy (non-hydrogen) atoms. The van der Waals surface area contributed by atoms with Gasteiger partial charge in [-0.05, 0) is 43.3 Å². The maximum atomic E-state index is 13.6. The fourth-order valence-corrected chi connectivity index (χ4v) is 1.74. The van der Waals surface area contributed by atoms with Crippen molar-refractivity contribution in [3.8, 4) is 0 Å². The molecule has 0 aliphatic carbocycles. The average Bonchev–Trinajstić information content (AvgIpc) is 2.38. The maximum absolute atomic E-state index is 13.6. The molecule has 0 saturated carbocycles. The van der Waals surface area contributed by atoms with Crippen LogP contribution in [0.15, 0.2) is 42.9 Å². The lowest BCUT2D eigenvalue weighted by molar-refractivity contribution is 0.516. The van der Waals surface area contributed by atoms with Crippen molar-refractivity contribution in [2.45, 2.75) is 12.5 Å². The third-order valence-corrected chi connectivity index (χ3v) is 2.65. The van der Waals surface area contributed by atoms with Crippen LogP contribution < -0.4 is 5.32 Å². The first-order valence-corrected chi connectivity index (χ1v) is 5.48. The number of nitrogens with one attached hydrogen (secondary N) is 1. The maximum Gasteiger partial charge on any atom is 0.146 e. The van der Waals surface area contributed by atoms with Gasteiger partial charge >= 0.3 is 0 Å². The van der Waals surface area contributed by atoms with Gasteiger partial charge in [-0.2, -0.15) is 0 Å². The second kappa shape index (κ2) is 5.50. The Hall–Kier alpha value is -1.81. The highest BCUT2D eigenvalue weighted by atomic mass is 19.1. The Kier molecular flexibility index (Phi) is 3.77. The fourth-order valence-electron chi connectivity index (χ4n) is 1.74. The molecular weight excluding hydrogens is 217 g/mol. The van der Waals surface area contributed by atoms with E-state index in [0.717, 1.165) is 5.56 Å². The molecule has 2 aromatic heterocycles. The lowest BCUT2D eigenvalue weighted by Crippen LogP contribution is -2.21. The normalized spacial score (nSPS) is 12.4. The van der Waals surface area contributed by atoms with Gasteiger partial charge in [0.05, 0.1) is 11.7 Å². The molecule has 0 aromatic carbocycles. The van der Waals surface area contributed by atoms with Crippen molar-refractivity contribution in [2.75, 3.05) is 7.05 Å². The van der Waals surface area contributed by atoms with Crippen LogP contribution in [0.3, 0.4) is 0 Å². The number of hydrogen-bond donors (Lipinski definition) is 1. The summed E-state index contributed by atoms with van der Waals surface area (Å²) in [6, 6.07) is 6.74. The van der Waals surface area contributed by atoms with Crippen LogP contribution in [0, 0.1) is 5.82 Å². The van der Waals surface area contributed by atoms with E-state index in [4.69, 9.17) is 0 Å². The van der Waals surface area contributed by atoms with Crippen LogP contribution in [0.2, 0.25) is 0 Å². The molecule has 1 unspecified atom stereocenters. The largest absolute Gasteiger partial charge is 0.311 e. The summed E-state index contributed by atoms with van der Waals surface area (Å²) in [7, 11) is 1.81. The summed E-state index contributed by atoms with van der Waals surface area (Å²) >= 11 is 0. The molecule has 0 radical (unpaired) electrons. The Bertz CT molecular complexity index is 473. The number of likely N-dealkylation sites (N-methyl/N-ethyl adjacent to an activating group) is 1. The number of rotatable bonds is 4. The van der Waals surface area contributed by atoms with Crippen LogP contribution in [0.4, 0.5) is 4.39 Å². The first-order chi connectivity index (χ1) is 8.31. The van der Waals surface area contributed by atoms with Crippen LogP contribution in [-0.2, 0) is 6.42 Å². The van der Waals surface area contributed by atoms with Crippen LogP contribution in [0.25, 0.3) is 0 Å². The molecule has 0 aliphatic heterocycles. The van der Waals surface area contributed by atoms with E-state index < -0.39 is 0 Å². The Morgan fingerprint density at radius 1 is 1.24 bits per heavy atom. The van der Waals surface area contributed by atoms with Gasteiger partial charge in [-0.3, -0.25) is 9.97 Å². The second-order valence-electron chi connectivity index (χ2n) is 3.77. The molecule has 4 heteroatoms. The van der Waals surface area contributed by atoms with Crippen molar-refractivity contribution in [2.24, 2.45) is 0 Å². The first-order valence-electron chi connectivity index (χ1n) is 5.48. The van der Waals surface area contributed by atoms with Gasteiger partial charge in [0.1, 0.15) is 5.82 Å². The van der Waals surface area contributed by atoms with E-state index in [-0.39, 0.29) is 11.9 Å². The Morgan fingerprint density at radius 2 is 2.00 bits per heavy atom. The average molecular weight is 231 g/mol. The molecule has 0 spiro atoms. The van der Waals surface area contributed by atoms with Crippen LogP contribution in [-0.4, -0.2) is 17.0 Å². The minimum Gasteiger partial charge on any atom is -0.311 e. The summed E-state index contributed by atoms with van der Waals surface area (Å²) in [5, 5.41) is 3.08. The van der Waals surface area contributed by atoms with Gasteiger partial charge in [-0.25, -0.2) is 4.39 Å². The summed E-state index contributed by atoms with van der Waals surface area (Å²) < 4.78 is 13.6. The summed E-state index contributed by atoms with van der Waals surface area (Å²) in [4.78, 5) is 8.05. The van der Waals surface area contributed by atoms with Gasteiger partial charge in [-0.1, -0.05) is 0 Å². The zero-order valence-corrected chi connectivity index (χ0v) is 9.60. The number of hydrogen-bond acceptors (Lipinski definition) is 3. The molecule has 0 fully saturated rings. The monoisotopic (exact) mass is 231 g/mol. The van der Waals surface area contributed by atoms with E-state index in [2.05, 4.69) is 15.3 Å². The highest BCUT2D eigenvalue weighted by molar-refractivity contribution is 5.18. The number of pyridine rings is 2. The summed E-state index contributed by atoms with van der Waals surface area (Å²) in [5.41, 5.74) is 1.55. The molecule has 1 N–H and O–H groups in total. The van der Waals surface area contributed by atoms with E-state index in [1.165, 1.54) is 6.07 Å². The van der Waals surface area contributed by atoms with Crippen molar-refractivity contribution in [1.82, 2.24) is 15.3 Å². The van der Waals surface area contributed by atoms with E-state index >= 15 is 0 Å². The Balaban J connectivity index is 2.21. The third kappa shape index (κ3) is 2.85. The van der Waals surface area contributed by atoms with E-state index in [1.54, 1.807) is 31.7 Å². The molecule has 2 rings (SSSR count). The number of aromatic nitrogens is 2. The first kappa shape index (κ1) is 11.7. The fraction of sp³-hybridized carbons (Fsp3) is 0.231. The van der Waals surface area contributed by atoms with Gasteiger partial charge < -0.3 is 5.32 Å². The molecule has 0 bridgehead atoms. The van der Waals surface area contributed by atoms with Crippen molar-refractivity contribution >= 4 is 0 Å². The van der Waals surface area contributed by atoms with Gasteiger partial charge in [0, 0.05) is 18.6 Å². The van der Waals surface area contributed by atoms with Crippen molar-refractivity contribution < 1.29 is 4.39 Å². The molecule has 2 aromatic rings. The number of nitrogens with zero attached hydrogens (tertiary/aromatic N) is 2. The van der Waals surface area contributed by atoms with Gasteiger partial charge in [-0.15, -0.1) is 0 Å². The van der Waals surface area contributed by atoms with E-state index in [0.29, 0.717) is 12.1 Å². The molecule has 3 nitrogen and oxygen atoms in total. The standard InChI is InChI=1S/C13H14FN3/c1-15-12(9-10-4-7-16-8-5-10)13-11(14)3-2-6-17-13/h2-8,12,15H,9H2,1H3. The minimum absolute atomic E-state index is 0.126. The third-order valence-electron chi connectivity index (χ3n) is 2.65. The summed E-state index contributed by atoms with van der Waals surface area (Å²) in [5.74, 6) is -0.277. The minimum atomic E-state index is -0.277. The Labute approximate surface area is 99.7 Å². The van der Waals surface area contributed by atoms with E-state index in [1.807, 2.05) is 12.1 Å². The predicted molar refractivity (Wildman–Crippen MR) is 63.9 cm³/mol. The van der Waals surface area contributed by atoms with E-state index in [9.17, 15) is 4.39 Å². The van der Waals surface area contributed by atoms with Crippen molar-refractivity contribution in [1.29, 1.82) is 0 Å². The van der Waals surface area contributed by atoms with Crippen LogP contribution >= 0.6 is 0 Å². The lowest BCUT2D eigenvalue weighted by atomic mass is 10.0. The Morgan fingerprint density at radius 3 is 2.65 bits per heavy atom. The highest BCUT2D eigenvalue weighted by Crippen LogP contribution is 2.18. The van der Waals surface area contributed by atoms with Crippen LogP contribution in [0.5, 0.6) is 0 Å². The highest BCUT2D eigenvalue weighted by Gasteiger charge is 2.15. The summed E-state index contributed by atoms with van der Waals surface area (Å²) in [6.07, 6.45) is 5.76. The molecule has 0 amide bonds.